The van der Waals surface area contributed by atoms with Crippen LogP contribution >= 0.6 is 11.8 Å². The molecule has 102 valence electrons. The van der Waals surface area contributed by atoms with Gasteiger partial charge in [0.2, 0.25) is 0 Å². The van der Waals surface area contributed by atoms with E-state index in [1.807, 2.05) is 6.07 Å². The summed E-state index contributed by atoms with van der Waals surface area (Å²) in [5, 5.41) is 0. The van der Waals surface area contributed by atoms with Gasteiger partial charge in [-0.2, -0.15) is 0 Å². The summed E-state index contributed by atoms with van der Waals surface area (Å²) in [6.45, 7) is 6.56. The highest BCUT2D eigenvalue weighted by atomic mass is 32.2. The monoisotopic (exact) mass is 269 g/mol. The second-order valence-corrected chi connectivity index (χ2v) is 7.05. The Bertz CT molecular complexity index is 388. The minimum Gasteiger partial charge on any atom is -0.496 e. The maximum atomic E-state index is 5.77. The highest BCUT2D eigenvalue weighted by Crippen LogP contribution is 2.38. The van der Waals surface area contributed by atoms with Crippen molar-refractivity contribution in [2.45, 2.75) is 43.1 Å². The Morgan fingerprint density at radius 2 is 1.94 bits per heavy atom. The Morgan fingerprint density at radius 1 is 1.28 bits per heavy atom. The van der Waals surface area contributed by atoms with Gasteiger partial charge >= 0.3 is 0 Å². The average Bonchev–Trinajstić information content (AvgIpc) is 2.29. The number of ether oxygens (including phenoxy) is 2. The molecular formula is C14H23NO2S. The summed E-state index contributed by atoms with van der Waals surface area (Å²) in [5.41, 5.74) is 6.89. The predicted octanol–water partition coefficient (Wildman–Crippen LogP) is 3.06. The molecule has 0 bridgehead atoms. The summed E-state index contributed by atoms with van der Waals surface area (Å²) in [6.07, 6.45) is 0.420. The summed E-state index contributed by atoms with van der Waals surface area (Å²) in [5.74, 6) is 0.899. The lowest BCUT2D eigenvalue weighted by molar-refractivity contribution is 0.109. The van der Waals surface area contributed by atoms with Gasteiger partial charge in [0.1, 0.15) is 12.0 Å². The van der Waals surface area contributed by atoms with E-state index in [9.17, 15) is 0 Å². The lowest BCUT2D eigenvalue weighted by Gasteiger charge is -2.20. The largest absolute Gasteiger partial charge is 0.496 e. The van der Waals surface area contributed by atoms with Gasteiger partial charge in [-0.05, 0) is 17.7 Å². The predicted molar refractivity (Wildman–Crippen MR) is 77.3 cm³/mol. The molecular weight excluding hydrogens is 246 g/mol. The number of nitrogens with two attached hydrogens (primary N) is 1. The molecule has 1 rings (SSSR count). The van der Waals surface area contributed by atoms with Crippen LogP contribution in [0.2, 0.25) is 0 Å². The van der Waals surface area contributed by atoms with E-state index in [4.69, 9.17) is 15.2 Å². The third kappa shape index (κ3) is 4.88. The SMILES string of the molecule is COc1cc(CC(N)OC)ccc1SC(C)(C)C. The fourth-order valence-electron chi connectivity index (χ4n) is 1.57. The van der Waals surface area contributed by atoms with Gasteiger partial charge in [0.15, 0.2) is 0 Å². The lowest BCUT2D eigenvalue weighted by Crippen LogP contribution is -2.24. The van der Waals surface area contributed by atoms with Crippen molar-refractivity contribution in [3.05, 3.63) is 23.8 Å². The number of rotatable bonds is 5. The molecule has 0 aliphatic carbocycles. The van der Waals surface area contributed by atoms with E-state index < -0.39 is 0 Å². The molecule has 0 heterocycles. The van der Waals surface area contributed by atoms with Gasteiger partial charge in [0.05, 0.1) is 7.11 Å². The molecule has 0 amide bonds. The van der Waals surface area contributed by atoms with Crippen LogP contribution in [0.1, 0.15) is 26.3 Å². The lowest BCUT2D eigenvalue weighted by atomic mass is 10.1. The van der Waals surface area contributed by atoms with Gasteiger partial charge in [-0.3, -0.25) is 0 Å². The zero-order chi connectivity index (χ0) is 13.8. The first-order valence-corrected chi connectivity index (χ1v) is 6.81. The Morgan fingerprint density at radius 3 is 2.44 bits per heavy atom. The third-order valence-corrected chi connectivity index (χ3v) is 3.55. The molecule has 0 aliphatic heterocycles. The van der Waals surface area contributed by atoms with Gasteiger partial charge in [-0.25, -0.2) is 0 Å². The average molecular weight is 269 g/mol. The van der Waals surface area contributed by atoms with Crippen molar-refractivity contribution in [3.8, 4) is 5.75 Å². The molecule has 0 aliphatic rings. The van der Waals surface area contributed by atoms with Crippen LogP contribution in [-0.2, 0) is 11.2 Å². The second-order valence-electron chi connectivity index (χ2n) is 5.18. The number of methoxy groups -OCH3 is 2. The Labute approximate surface area is 114 Å². The topological polar surface area (TPSA) is 44.5 Å². The molecule has 2 N–H and O–H groups in total. The summed E-state index contributed by atoms with van der Waals surface area (Å²) in [7, 11) is 3.31. The van der Waals surface area contributed by atoms with Gasteiger partial charge < -0.3 is 15.2 Å². The molecule has 1 atom stereocenters. The molecule has 0 saturated heterocycles. The maximum absolute atomic E-state index is 5.77. The normalized spacial score (nSPS) is 13.4. The molecule has 4 heteroatoms. The first kappa shape index (κ1) is 15.3. The van der Waals surface area contributed by atoms with E-state index in [0.717, 1.165) is 16.2 Å². The summed E-state index contributed by atoms with van der Waals surface area (Å²) >= 11 is 1.80. The zero-order valence-electron chi connectivity index (χ0n) is 11.8. The number of hydrogen-bond acceptors (Lipinski definition) is 4. The molecule has 0 aromatic heterocycles. The maximum Gasteiger partial charge on any atom is 0.132 e. The van der Waals surface area contributed by atoms with E-state index in [1.165, 1.54) is 0 Å². The van der Waals surface area contributed by atoms with Gasteiger partial charge in [-0.1, -0.05) is 26.8 Å². The Kier molecular flexibility index (Phi) is 5.50. The Balaban J connectivity index is 2.89. The first-order chi connectivity index (χ1) is 8.35. The van der Waals surface area contributed by atoms with Crippen LogP contribution in [-0.4, -0.2) is 25.2 Å². The fraction of sp³-hybridized carbons (Fsp3) is 0.571. The van der Waals surface area contributed by atoms with E-state index in [0.29, 0.717) is 6.42 Å². The smallest absolute Gasteiger partial charge is 0.132 e. The van der Waals surface area contributed by atoms with E-state index in [1.54, 1.807) is 26.0 Å². The summed E-state index contributed by atoms with van der Waals surface area (Å²) < 4.78 is 10.7. The molecule has 0 fully saturated rings. The van der Waals surface area contributed by atoms with Crippen LogP contribution in [0.4, 0.5) is 0 Å². The second kappa shape index (κ2) is 6.45. The van der Waals surface area contributed by atoms with E-state index >= 15 is 0 Å². The minimum absolute atomic E-state index is 0.164. The molecule has 18 heavy (non-hydrogen) atoms. The van der Waals surface area contributed by atoms with Crippen molar-refractivity contribution in [2.75, 3.05) is 14.2 Å². The van der Waals surface area contributed by atoms with E-state index in [2.05, 4.69) is 32.9 Å². The molecule has 1 aromatic rings. The van der Waals surface area contributed by atoms with Gasteiger partial charge in [0, 0.05) is 23.2 Å². The molecule has 0 spiro atoms. The minimum atomic E-state index is -0.268. The van der Waals surface area contributed by atoms with Crippen LogP contribution in [0.15, 0.2) is 23.1 Å². The standard InChI is InChI=1S/C14H23NO2S/c1-14(2,3)18-12-7-6-10(8-11(12)16-4)9-13(15)17-5/h6-8,13H,9,15H2,1-5H3. The van der Waals surface area contributed by atoms with Crippen LogP contribution in [0, 0.1) is 0 Å². The van der Waals surface area contributed by atoms with Gasteiger partial charge in [-0.15, -0.1) is 11.8 Å². The molecule has 1 aromatic carbocycles. The Hall–Kier alpha value is -0.710. The fourth-order valence-corrected chi connectivity index (χ4v) is 2.61. The van der Waals surface area contributed by atoms with Crippen molar-refractivity contribution in [3.63, 3.8) is 0 Å². The highest BCUT2D eigenvalue weighted by molar-refractivity contribution is 8.00. The quantitative estimate of drug-likeness (QED) is 0.659. The number of benzene rings is 1. The third-order valence-electron chi connectivity index (χ3n) is 2.38. The van der Waals surface area contributed by atoms with Crippen LogP contribution in [0.5, 0.6) is 5.75 Å². The summed E-state index contributed by atoms with van der Waals surface area (Å²) in [6, 6.07) is 6.20. The van der Waals surface area contributed by atoms with Gasteiger partial charge in [0.25, 0.3) is 0 Å². The van der Waals surface area contributed by atoms with Crippen LogP contribution in [0.25, 0.3) is 0 Å². The van der Waals surface area contributed by atoms with Crippen molar-refractivity contribution >= 4 is 11.8 Å². The van der Waals surface area contributed by atoms with Crippen molar-refractivity contribution in [1.82, 2.24) is 0 Å². The number of thioether (sulfide) groups is 1. The highest BCUT2D eigenvalue weighted by Gasteiger charge is 2.16. The molecule has 3 nitrogen and oxygen atoms in total. The van der Waals surface area contributed by atoms with Crippen LogP contribution in [0.3, 0.4) is 0 Å². The molecule has 1 unspecified atom stereocenters. The molecule has 0 radical (unpaired) electrons. The van der Waals surface area contributed by atoms with E-state index in [-0.39, 0.29) is 11.0 Å². The van der Waals surface area contributed by atoms with Crippen molar-refractivity contribution in [1.29, 1.82) is 0 Å². The zero-order valence-corrected chi connectivity index (χ0v) is 12.6. The summed E-state index contributed by atoms with van der Waals surface area (Å²) in [4.78, 5) is 1.15. The number of hydrogen-bond donors (Lipinski definition) is 1. The van der Waals surface area contributed by atoms with Crippen molar-refractivity contribution < 1.29 is 9.47 Å². The van der Waals surface area contributed by atoms with Crippen molar-refractivity contribution in [2.24, 2.45) is 5.73 Å². The first-order valence-electron chi connectivity index (χ1n) is 6.00. The molecule has 0 saturated carbocycles. The van der Waals surface area contributed by atoms with Crippen LogP contribution < -0.4 is 10.5 Å².